The summed E-state index contributed by atoms with van der Waals surface area (Å²) in [6, 6.07) is 4.63. The molecule has 0 saturated heterocycles. The van der Waals surface area contributed by atoms with Crippen molar-refractivity contribution in [1.29, 1.82) is 0 Å². The van der Waals surface area contributed by atoms with Gasteiger partial charge in [-0.3, -0.25) is 9.80 Å². The Kier molecular flexibility index (Phi) is 3.97. The maximum atomic E-state index is 12.9. The van der Waals surface area contributed by atoms with Gasteiger partial charge in [-0.25, -0.2) is 9.18 Å². The maximum absolute atomic E-state index is 12.9. The Morgan fingerprint density at radius 1 is 1.45 bits per heavy atom. The lowest BCUT2D eigenvalue weighted by Gasteiger charge is -2.20. The van der Waals surface area contributed by atoms with E-state index in [0.29, 0.717) is 5.69 Å². The summed E-state index contributed by atoms with van der Waals surface area (Å²) in [4.78, 5) is 23.1. The third-order valence-electron chi connectivity index (χ3n) is 2.84. The minimum Gasteiger partial charge on any atom is -0.461 e. The fourth-order valence-electron chi connectivity index (χ4n) is 1.90. The molecular formula is C13H14FN3O3. The smallest absolute Gasteiger partial charge is 0.354 e. The summed E-state index contributed by atoms with van der Waals surface area (Å²) in [5, 5.41) is 5.37. The van der Waals surface area contributed by atoms with Crippen LogP contribution < -0.4 is 10.7 Å². The lowest BCUT2D eigenvalue weighted by atomic mass is 10.1. The number of carbonyl (C=O) groups is 2. The molecule has 106 valence electrons. The third-order valence-corrected chi connectivity index (χ3v) is 2.84. The molecule has 2 N–H and O–H groups in total. The van der Waals surface area contributed by atoms with Gasteiger partial charge in [-0.1, -0.05) is 0 Å². The Hall–Kier alpha value is -2.44. The molecule has 6 nitrogen and oxygen atoms in total. The maximum Gasteiger partial charge on any atom is 0.354 e. The Balaban J connectivity index is 2.29. The molecule has 2 rings (SSSR count). The van der Waals surface area contributed by atoms with Gasteiger partial charge in [-0.05, 0) is 31.2 Å². The molecule has 1 aliphatic rings. The highest BCUT2D eigenvalue weighted by Crippen LogP contribution is 2.25. The topological polar surface area (TPSA) is 85.0 Å². The number of hydrazone groups is 1. The van der Waals surface area contributed by atoms with Crippen molar-refractivity contribution in [3.8, 4) is 0 Å². The minimum atomic E-state index is -0.778. The van der Waals surface area contributed by atoms with E-state index in [1.165, 1.54) is 29.3 Å². The SMILES string of the molecule is CCOC(=O)C1=NN(c2ccc(F)cc2)[C@@H](C(N)=O)C1. The van der Waals surface area contributed by atoms with E-state index in [4.69, 9.17) is 10.5 Å². The molecule has 0 unspecified atom stereocenters. The van der Waals surface area contributed by atoms with E-state index in [1.807, 2.05) is 0 Å². The van der Waals surface area contributed by atoms with Gasteiger partial charge in [-0.15, -0.1) is 0 Å². The quantitative estimate of drug-likeness (QED) is 0.826. The van der Waals surface area contributed by atoms with Gasteiger partial charge in [0.2, 0.25) is 5.91 Å². The number of primary amides is 1. The largest absolute Gasteiger partial charge is 0.461 e. The normalized spacial score (nSPS) is 17.8. The van der Waals surface area contributed by atoms with E-state index in [2.05, 4.69) is 5.10 Å². The summed E-state index contributed by atoms with van der Waals surface area (Å²) in [6.45, 7) is 1.90. The van der Waals surface area contributed by atoms with Crippen LogP contribution in [0.25, 0.3) is 0 Å². The number of amides is 1. The first kappa shape index (κ1) is 14.0. The fourth-order valence-corrected chi connectivity index (χ4v) is 1.90. The summed E-state index contributed by atoms with van der Waals surface area (Å²) in [5.74, 6) is -1.60. The van der Waals surface area contributed by atoms with Gasteiger partial charge in [0, 0.05) is 6.42 Å². The van der Waals surface area contributed by atoms with Crippen molar-refractivity contribution in [3.05, 3.63) is 30.1 Å². The Bertz CT molecular complexity index is 556. The number of hydrogen-bond donors (Lipinski definition) is 1. The Morgan fingerprint density at radius 3 is 2.65 bits per heavy atom. The molecule has 20 heavy (non-hydrogen) atoms. The fraction of sp³-hybridized carbons (Fsp3) is 0.308. The van der Waals surface area contributed by atoms with Crippen LogP contribution in [-0.4, -0.2) is 30.2 Å². The van der Waals surface area contributed by atoms with E-state index < -0.39 is 23.7 Å². The third kappa shape index (κ3) is 2.76. The second-order valence-corrected chi connectivity index (χ2v) is 4.21. The number of ether oxygens (including phenoxy) is 1. The number of rotatable bonds is 4. The van der Waals surface area contributed by atoms with Crippen molar-refractivity contribution in [1.82, 2.24) is 0 Å². The van der Waals surface area contributed by atoms with Crippen LogP contribution in [0.4, 0.5) is 10.1 Å². The van der Waals surface area contributed by atoms with Crippen molar-refractivity contribution in [2.45, 2.75) is 19.4 Å². The number of hydrogen-bond acceptors (Lipinski definition) is 5. The van der Waals surface area contributed by atoms with Crippen LogP contribution in [0.15, 0.2) is 29.4 Å². The van der Waals surface area contributed by atoms with Crippen LogP contribution in [0.2, 0.25) is 0 Å². The summed E-state index contributed by atoms with van der Waals surface area (Å²) in [5.41, 5.74) is 5.92. The van der Waals surface area contributed by atoms with Crippen molar-refractivity contribution in [3.63, 3.8) is 0 Å². The zero-order chi connectivity index (χ0) is 14.7. The second kappa shape index (κ2) is 5.68. The van der Waals surface area contributed by atoms with Crippen LogP contribution in [0, 0.1) is 5.82 Å². The molecule has 0 saturated carbocycles. The molecule has 0 radical (unpaired) electrons. The predicted octanol–water partition coefficient (Wildman–Crippen LogP) is 0.809. The molecule has 1 aromatic carbocycles. The first-order valence-electron chi connectivity index (χ1n) is 6.11. The number of esters is 1. The zero-order valence-corrected chi connectivity index (χ0v) is 10.9. The van der Waals surface area contributed by atoms with Gasteiger partial charge in [0.1, 0.15) is 17.6 Å². The second-order valence-electron chi connectivity index (χ2n) is 4.21. The molecule has 7 heteroatoms. The average Bonchev–Trinajstić information content (AvgIpc) is 2.85. The number of carbonyl (C=O) groups excluding carboxylic acids is 2. The Labute approximate surface area is 115 Å². The number of halogens is 1. The monoisotopic (exact) mass is 279 g/mol. The van der Waals surface area contributed by atoms with E-state index in [9.17, 15) is 14.0 Å². The number of anilines is 1. The van der Waals surface area contributed by atoms with Crippen molar-refractivity contribution >= 4 is 23.3 Å². The molecule has 1 atom stereocenters. The van der Waals surface area contributed by atoms with Crippen LogP contribution in [0.1, 0.15) is 13.3 Å². The number of nitrogens with zero attached hydrogens (tertiary/aromatic N) is 2. The van der Waals surface area contributed by atoms with Gasteiger partial charge in [0.25, 0.3) is 0 Å². The molecule has 0 fully saturated rings. The summed E-state index contributed by atoms with van der Waals surface area (Å²) in [7, 11) is 0. The van der Waals surface area contributed by atoms with Gasteiger partial charge in [0.15, 0.2) is 0 Å². The molecule has 1 amide bonds. The van der Waals surface area contributed by atoms with E-state index in [-0.39, 0.29) is 18.7 Å². The molecule has 0 aliphatic carbocycles. The zero-order valence-electron chi connectivity index (χ0n) is 10.9. The first-order chi connectivity index (χ1) is 9.52. The Morgan fingerprint density at radius 2 is 2.10 bits per heavy atom. The predicted molar refractivity (Wildman–Crippen MR) is 70.5 cm³/mol. The highest BCUT2D eigenvalue weighted by molar-refractivity contribution is 6.38. The van der Waals surface area contributed by atoms with Gasteiger partial charge >= 0.3 is 5.97 Å². The van der Waals surface area contributed by atoms with Crippen LogP contribution in [0.3, 0.4) is 0 Å². The standard InChI is InChI=1S/C13H14FN3O3/c1-2-20-13(19)10-7-11(12(15)18)17(16-10)9-5-3-8(14)4-6-9/h3-6,11H,2,7H2,1H3,(H2,15,18)/t11-/m1/s1. The van der Waals surface area contributed by atoms with Crippen LogP contribution >= 0.6 is 0 Å². The van der Waals surface area contributed by atoms with Crippen LogP contribution in [0.5, 0.6) is 0 Å². The highest BCUT2D eigenvalue weighted by Gasteiger charge is 2.35. The lowest BCUT2D eigenvalue weighted by molar-refractivity contribution is -0.135. The lowest BCUT2D eigenvalue weighted by Crippen LogP contribution is -2.39. The van der Waals surface area contributed by atoms with Crippen molar-refractivity contribution < 1.29 is 18.7 Å². The molecule has 0 bridgehead atoms. The first-order valence-corrected chi connectivity index (χ1v) is 6.11. The van der Waals surface area contributed by atoms with E-state index >= 15 is 0 Å². The summed E-state index contributed by atoms with van der Waals surface area (Å²) >= 11 is 0. The van der Waals surface area contributed by atoms with E-state index in [0.717, 1.165) is 0 Å². The summed E-state index contributed by atoms with van der Waals surface area (Å²) in [6.07, 6.45) is 0.0749. The van der Waals surface area contributed by atoms with Gasteiger partial charge in [-0.2, -0.15) is 5.10 Å². The molecule has 0 aromatic heterocycles. The van der Waals surface area contributed by atoms with Gasteiger partial charge < -0.3 is 10.5 Å². The number of benzene rings is 1. The molecule has 0 spiro atoms. The van der Waals surface area contributed by atoms with E-state index in [1.54, 1.807) is 6.92 Å². The molecule has 1 aliphatic heterocycles. The molecule has 1 aromatic rings. The minimum absolute atomic E-state index is 0.0749. The van der Waals surface area contributed by atoms with Crippen molar-refractivity contribution in [2.75, 3.05) is 11.6 Å². The number of nitrogens with two attached hydrogens (primary N) is 1. The van der Waals surface area contributed by atoms with Crippen LogP contribution in [-0.2, 0) is 14.3 Å². The molecular weight excluding hydrogens is 265 g/mol. The average molecular weight is 279 g/mol. The van der Waals surface area contributed by atoms with Crippen molar-refractivity contribution in [2.24, 2.45) is 10.8 Å². The van der Waals surface area contributed by atoms with Gasteiger partial charge in [0.05, 0.1) is 12.3 Å². The highest BCUT2D eigenvalue weighted by atomic mass is 19.1. The molecule has 1 heterocycles. The summed E-state index contributed by atoms with van der Waals surface area (Å²) < 4.78 is 17.8.